The van der Waals surface area contributed by atoms with Gasteiger partial charge in [-0.05, 0) is 43.3 Å². The summed E-state index contributed by atoms with van der Waals surface area (Å²) in [4.78, 5) is 16.6. The number of amides is 1. The molecule has 3 aromatic rings. The third-order valence-electron chi connectivity index (χ3n) is 3.51. The average molecular weight is 389 g/mol. The summed E-state index contributed by atoms with van der Waals surface area (Å²) in [6.07, 6.45) is 1.01. The summed E-state index contributed by atoms with van der Waals surface area (Å²) in [5.41, 5.74) is 1.05. The van der Waals surface area contributed by atoms with Crippen molar-refractivity contribution in [2.75, 3.05) is 16.3 Å². The van der Waals surface area contributed by atoms with Crippen LogP contribution in [0.3, 0.4) is 0 Å². The lowest BCUT2D eigenvalue weighted by molar-refractivity contribution is 0.101. The molecule has 1 aromatic heterocycles. The fourth-order valence-corrected chi connectivity index (χ4v) is 2.95. The number of hydrogen-bond donors (Lipinski definition) is 2. The van der Waals surface area contributed by atoms with Gasteiger partial charge < -0.3 is 5.32 Å². The Balaban J connectivity index is 1.86. The van der Waals surface area contributed by atoms with Crippen LogP contribution in [0.2, 0.25) is 0 Å². The molecule has 1 heterocycles. The highest BCUT2D eigenvalue weighted by Crippen LogP contribution is 2.22. The Hall–Kier alpha value is -3.27. The Kier molecular flexibility index (Phi) is 4.91. The molecule has 0 atom stereocenters. The lowest BCUT2D eigenvalue weighted by Crippen LogP contribution is -2.17. The van der Waals surface area contributed by atoms with Crippen molar-refractivity contribution in [3.05, 3.63) is 66.0 Å². The molecule has 3 rings (SSSR count). The van der Waals surface area contributed by atoms with Crippen molar-refractivity contribution in [2.45, 2.75) is 6.92 Å². The molecule has 1 amide bonds. The molecule has 140 valence electrons. The van der Waals surface area contributed by atoms with Crippen LogP contribution in [0, 0.1) is 12.7 Å². The number of anilines is 2. The molecular formula is C17H16FN5O3S. The second kappa shape index (κ2) is 7.16. The minimum atomic E-state index is -3.51. The number of rotatable bonds is 5. The van der Waals surface area contributed by atoms with Crippen LogP contribution in [0.15, 0.2) is 48.5 Å². The average Bonchev–Trinajstić information content (AvgIpc) is 2.98. The van der Waals surface area contributed by atoms with Gasteiger partial charge in [-0.3, -0.25) is 9.52 Å². The van der Waals surface area contributed by atoms with Gasteiger partial charge in [0.05, 0.1) is 23.3 Å². The van der Waals surface area contributed by atoms with Gasteiger partial charge in [-0.25, -0.2) is 22.5 Å². The molecule has 2 aromatic carbocycles. The standard InChI is InChI=1S/C17H16FN5O3S/c1-11-19-16(21-23(11)13-9-7-12(18)8-10-13)17(24)20-14-5-3-4-6-15(14)22-27(2,25)26/h3-10,22H,1-2H3,(H,20,24). The largest absolute Gasteiger partial charge is 0.317 e. The van der Waals surface area contributed by atoms with Crippen LogP contribution in [0.1, 0.15) is 16.4 Å². The van der Waals surface area contributed by atoms with E-state index >= 15 is 0 Å². The first-order chi connectivity index (χ1) is 12.7. The third kappa shape index (κ3) is 4.47. The van der Waals surface area contributed by atoms with Crippen molar-refractivity contribution in [1.82, 2.24) is 14.8 Å². The van der Waals surface area contributed by atoms with E-state index in [0.29, 0.717) is 11.5 Å². The first kappa shape index (κ1) is 18.5. The second-order valence-corrected chi connectivity index (χ2v) is 7.49. The third-order valence-corrected chi connectivity index (χ3v) is 4.10. The highest BCUT2D eigenvalue weighted by molar-refractivity contribution is 7.92. The number of hydrogen-bond acceptors (Lipinski definition) is 5. The lowest BCUT2D eigenvalue weighted by Gasteiger charge is -2.10. The fourth-order valence-electron chi connectivity index (χ4n) is 2.37. The van der Waals surface area contributed by atoms with Gasteiger partial charge >= 0.3 is 0 Å². The molecule has 0 saturated heterocycles. The fraction of sp³-hybridized carbons (Fsp3) is 0.118. The van der Waals surface area contributed by atoms with Crippen molar-refractivity contribution in [1.29, 1.82) is 0 Å². The van der Waals surface area contributed by atoms with Crippen LogP contribution in [-0.4, -0.2) is 35.3 Å². The topological polar surface area (TPSA) is 106 Å². The number of nitrogens with zero attached hydrogens (tertiary/aromatic N) is 3. The maximum Gasteiger partial charge on any atom is 0.295 e. The number of benzene rings is 2. The molecule has 0 fully saturated rings. The van der Waals surface area contributed by atoms with Crippen LogP contribution >= 0.6 is 0 Å². The highest BCUT2D eigenvalue weighted by Gasteiger charge is 2.17. The van der Waals surface area contributed by atoms with E-state index in [0.717, 1.165) is 6.26 Å². The van der Waals surface area contributed by atoms with Crippen molar-refractivity contribution in [3.63, 3.8) is 0 Å². The quantitative estimate of drug-likeness (QED) is 0.697. The Bertz CT molecular complexity index is 1090. The Morgan fingerprint density at radius 1 is 1.07 bits per heavy atom. The molecule has 0 aliphatic rings. The van der Waals surface area contributed by atoms with Gasteiger partial charge in [-0.1, -0.05) is 12.1 Å². The molecule has 0 radical (unpaired) electrons. The first-order valence-corrected chi connectivity index (χ1v) is 9.70. The number of nitrogens with one attached hydrogen (secondary N) is 2. The maximum atomic E-state index is 13.1. The van der Waals surface area contributed by atoms with Gasteiger partial charge in [-0.2, -0.15) is 0 Å². The molecule has 0 spiro atoms. The van der Waals surface area contributed by atoms with E-state index in [2.05, 4.69) is 20.1 Å². The molecule has 2 N–H and O–H groups in total. The minimum Gasteiger partial charge on any atom is -0.317 e. The number of halogens is 1. The summed E-state index contributed by atoms with van der Waals surface area (Å²) in [6.45, 7) is 1.66. The van der Waals surface area contributed by atoms with E-state index in [1.807, 2.05) is 0 Å². The first-order valence-electron chi connectivity index (χ1n) is 7.81. The van der Waals surface area contributed by atoms with Gasteiger partial charge in [0.25, 0.3) is 5.91 Å². The second-order valence-electron chi connectivity index (χ2n) is 5.74. The van der Waals surface area contributed by atoms with E-state index < -0.39 is 15.9 Å². The number of aryl methyl sites for hydroxylation is 1. The van der Waals surface area contributed by atoms with Crippen LogP contribution < -0.4 is 10.0 Å². The summed E-state index contributed by atoms with van der Waals surface area (Å²) in [6, 6.07) is 12.0. The zero-order chi connectivity index (χ0) is 19.6. The summed E-state index contributed by atoms with van der Waals surface area (Å²) >= 11 is 0. The summed E-state index contributed by atoms with van der Waals surface area (Å²) in [5, 5.41) is 6.73. The normalized spacial score (nSPS) is 11.2. The van der Waals surface area contributed by atoms with Crippen LogP contribution in [0.25, 0.3) is 5.69 Å². The summed E-state index contributed by atoms with van der Waals surface area (Å²) in [7, 11) is -3.51. The summed E-state index contributed by atoms with van der Waals surface area (Å²) in [5.74, 6) is -0.661. The predicted molar refractivity (Wildman–Crippen MR) is 98.9 cm³/mol. The monoisotopic (exact) mass is 389 g/mol. The van der Waals surface area contributed by atoms with Gasteiger partial charge in [-0.15, -0.1) is 5.10 Å². The Labute approximate surface area is 155 Å². The van der Waals surface area contributed by atoms with Crippen LogP contribution in [0.5, 0.6) is 0 Å². The van der Waals surface area contributed by atoms with Gasteiger partial charge in [0.2, 0.25) is 15.8 Å². The molecule has 0 saturated carbocycles. The Morgan fingerprint density at radius 2 is 1.70 bits per heavy atom. The SMILES string of the molecule is Cc1nc(C(=O)Nc2ccccc2NS(C)(=O)=O)nn1-c1ccc(F)cc1. The van der Waals surface area contributed by atoms with Crippen molar-refractivity contribution in [2.24, 2.45) is 0 Å². The van der Waals surface area contributed by atoms with Gasteiger partial charge in [0, 0.05) is 0 Å². The van der Waals surface area contributed by atoms with Gasteiger partial charge in [0.1, 0.15) is 11.6 Å². The highest BCUT2D eigenvalue weighted by atomic mass is 32.2. The van der Waals surface area contributed by atoms with Crippen molar-refractivity contribution < 1.29 is 17.6 Å². The van der Waals surface area contributed by atoms with E-state index in [-0.39, 0.29) is 23.0 Å². The van der Waals surface area contributed by atoms with E-state index in [1.54, 1.807) is 25.1 Å². The smallest absolute Gasteiger partial charge is 0.295 e. The molecule has 10 heteroatoms. The van der Waals surface area contributed by atoms with Crippen molar-refractivity contribution in [3.8, 4) is 5.69 Å². The number of carbonyl (C=O) groups is 1. The molecule has 0 aliphatic carbocycles. The molecule has 27 heavy (non-hydrogen) atoms. The minimum absolute atomic E-state index is 0.106. The van der Waals surface area contributed by atoms with Gasteiger partial charge in [0.15, 0.2) is 0 Å². The molecule has 0 unspecified atom stereocenters. The van der Waals surface area contributed by atoms with Crippen LogP contribution in [-0.2, 0) is 10.0 Å². The van der Waals surface area contributed by atoms with E-state index in [4.69, 9.17) is 0 Å². The zero-order valence-corrected chi connectivity index (χ0v) is 15.3. The number of sulfonamides is 1. The van der Waals surface area contributed by atoms with E-state index in [1.165, 1.54) is 35.0 Å². The summed E-state index contributed by atoms with van der Waals surface area (Å²) < 4.78 is 39.7. The number of aromatic nitrogens is 3. The van der Waals surface area contributed by atoms with Crippen LogP contribution in [0.4, 0.5) is 15.8 Å². The predicted octanol–water partition coefficient (Wildman–Crippen LogP) is 2.34. The molecular weight excluding hydrogens is 373 g/mol. The number of para-hydroxylation sites is 2. The lowest BCUT2D eigenvalue weighted by atomic mass is 10.2. The van der Waals surface area contributed by atoms with Crippen molar-refractivity contribution >= 4 is 27.3 Å². The molecule has 0 aliphatic heterocycles. The maximum absolute atomic E-state index is 13.1. The number of carbonyl (C=O) groups excluding carboxylic acids is 1. The molecule has 0 bridgehead atoms. The Morgan fingerprint density at radius 3 is 2.33 bits per heavy atom. The molecule has 8 nitrogen and oxygen atoms in total. The zero-order valence-electron chi connectivity index (χ0n) is 14.5. The van der Waals surface area contributed by atoms with E-state index in [9.17, 15) is 17.6 Å².